The van der Waals surface area contributed by atoms with Gasteiger partial charge in [-0.3, -0.25) is 4.99 Å². The van der Waals surface area contributed by atoms with Gasteiger partial charge < -0.3 is 20.0 Å². The molecule has 9 aromatic rings. The lowest BCUT2D eigenvalue weighted by molar-refractivity contribution is 0.669. The fourth-order valence-corrected chi connectivity index (χ4v) is 6.95. The highest BCUT2D eigenvalue weighted by Crippen LogP contribution is 2.38. The van der Waals surface area contributed by atoms with E-state index in [4.69, 9.17) is 15.1 Å². The number of hydrogen-bond donors (Lipinski definition) is 2. The van der Waals surface area contributed by atoms with Crippen LogP contribution in [-0.4, -0.2) is 10.4 Å². The van der Waals surface area contributed by atoms with E-state index in [1.54, 1.807) is 0 Å². The fourth-order valence-electron chi connectivity index (χ4n) is 6.95. The van der Waals surface area contributed by atoms with E-state index in [0.717, 1.165) is 66.7 Å². The van der Waals surface area contributed by atoms with Crippen LogP contribution >= 0.6 is 0 Å². The molecule has 0 saturated heterocycles. The molecule has 0 radical (unpaired) electrons. The zero-order valence-corrected chi connectivity index (χ0v) is 27.3. The SMILES string of the molecule is NC(N/C(=N\Cc1ccc(-n2c3ccccc3c3cc4c(cc32)oc2ccccc24)cc1)c1ccccc1)c1ccc(-c2ccccc2)cc1. The number of nitrogens with zero attached hydrogens (tertiary/aromatic N) is 2. The molecule has 1 unspecified atom stereocenters. The molecule has 2 aromatic heterocycles. The normalized spacial score (nSPS) is 12.6. The van der Waals surface area contributed by atoms with Crippen LogP contribution in [0.5, 0.6) is 0 Å². The maximum atomic E-state index is 6.71. The molecule has 5 heteroatoms. The summed E-state index contributed by atoms with van der Waals surface area (Å²) in [4.78, 5) is 5.05. The second-order valence-electron chi connectivity index (χ2n) is 12.6. The van der Waals surface area contributed by atoms with Gasteiger partial charge >= 0.3 is 0 Å². The van der Waals surface area contributed by atoms with Crippen LogP contribution in [-0.2, 0) is 6.54 Å². The number of fused-ring (bicyclic) bond motifs is 6. The molecule has 0 bridgehead atoms. The number of aromatic nitrogens is 1. The maximum absolute atomic E-state index is 6.71. The molecule has 0 amide bonds. The Labute approximate surface area is 289 Å². The summed E-state index contributed by atoms with van der Waals surface area (Å²) in [5, 5.41) is 8.19. The van der Waals surface area contributed by atoms with Crippen LogP contribution < -0.4 is 11.1 Å². The minimum atomic E-state index is -0.422. The van der Waals surface area contributed by atoms with Crippen molar-refractivity contribution in [1.29, 1.82) is 0 Å². The quantitative estimate of drug-likeness (QED) is 0.103. The Balaban J connectivity index is 1.02. The molecule has 50 heavy (non-hydrogen) atoms. The molecular weight excluding hydrogens is 613 g/mol. The Bertz CT molecular complexity index is 2640. The summed E-state index contributed by atoms with van der Waals surface area (Å²) >= 11 is 0. The molecule has 0 spiro atoms. The highest BCUT2D eigenvalue weighted by atomic mass is 16.3. The van der Waals surface area contributed by atoms with Crippen molar-refractivity contribution in [3.63, 3.8) is 0 Å². The lowest BCUT2D eigenvalue weighted by Crippen LogP contribution is -2.34. The molecule has 3 N–H and O–H groups in total. The smallest absolute Gasteiger partial charge is 0.137 e. The topological polar surface area (TPSA) is 68.5 Å². The molecule has 0 aliphatic carbocycles. The van der Waals surface area contributed by atoms with Crippen LogP contribution in [0.4, 0.5) is 0 Å². The minimum Gasteiger partial charge on any atom is -0.456 e. The van der Waals surface area contributed by atoms with Gasteiger partial charge in [0.2, 0.25) is 0 Å². The van der Waals surface area contributed by atoms with Gasteiger partial charge in [-0.05, 0) is 52.6 Å². The lowest BCUT2D eigenvalue weighted by atomic mass is 10.0. The molecule has 0 aliphatic rings. The van der Waals surface area contributed by atoms with Gasteiger partial charge in [-0.1, -0.05) is 133 Å². The number of hydrogen-bond acceptors (Lipinski definition) is 3. The van der Waals surface area contributed by atoms with E-state index in [1.807, 2.05) is 36.4 Å². The van der Waals surface area contributed by atoms with Crippen LogP contribution in [0, 0.1) is 0 Å². The third-order valence-electron chi connectivity index (χ3n) is 9.50. The van der Waals surface area contributed by atoms with Crippen LogP contribution in [0.15, 0.2) is 179 Å². The van der Waals surface area contributed by atoms with E-state index < -0.39 is 6.17 Å². The first-order valence-electron chi connectivity index (χ1n) is 16.9. The second kappa shape index (κ2) is 12.5. The highest BCUT2D eigenvalue weighted by Gasteiger charge is 2.16. The third kappa shape index (κ3) is 5.40. The number of aliphatic imine (C=N–C) groups is 1. The van der Waals surface area contributed by atoms with Gasteiger partial charge in [0.1, 0.15) is 23.2 Å². The number of rotatable bonds is 7. The number of furan rings is 1. The van der Waals surface area contributed by atoms with Crippen molar-refractivity contribution in [3.8, 4) is 16.8 Å². The third-order valence-corrected chi connectivity index (χ3v) is 9.50. The van der Waals surface area contributed by atoms with E-state index in [-0.39, 0.29) is 0 Å². The number of para-hydroxylation sites is 2. The Kier molecular flexibility index (Phi) is 7.45. The summed E-state index contributed by atoms with van der Waals surface area (Å²) in [5.74, 6) is 0.756. The number of amidine groups is 1. The van der Waals surface area contributed by atoms with Crippen molar-refractivity contribution in [2.75, 3.05) is 0 Å². The van der Waals surface area contributed by atoms with Crippen LogP contribution in [0.1, 0.15) is 22.9 Å². The summed E-state index contributed by atoms with van der Waals surface area (Å²) in [6.07, 6.45) is -0.422. The van der Waals surface area contributed by atoms with Crippen molar-refractivity contribution < 1.29 is 4.42 Å². The van der Waals surface area contributed by atoms with E-state index in [9.17, 15) is 0 Å². The molecule has 5 nitrogen and oxygen atoms in total. The average molecular weight is 647 g/mol. The van der Waals surface area contributed by atoms with Gasteiger partial charge in [0.25, 0.3) is 0 Å². The Morgan fingerprint density at radius 2 is 1.24 bits per heavy atom. The Hall–Kier alpha value is -6.43. The van der Waals surface area contributed by atoms with Gasteiger partial charge in [0, 0.05) is 38.9 Å². The molecular formula is C45H34N4O. The van der Waals surface area contributed by atoms with E-state index in [2.05, 4.69) is 143 Å². The molecule has 0 saturated carbocycles. The van der Waals surface area contributed by atoms with E-state index in [1.165, 1.54) is 16.3 Å². The first kappa shape index (κ1) is 29.7. The summed E-state index contributed by atoms with van der Waals surface area (Å²) in [6, 6.07) is 58.9. The van der Waals surface area contributed by atoms with Gasteiger partial charge in [-0.15, -0.1) is 0 Å². The van der Waals surface area contributed by atoms with Crippen molar-refractivity contribution in [3.05, 3.63) is 187 Å². The first-order valence-corrected chi connectivity index (χ1v) is 16.9. The highest BCUT2D eigenvalue weighted by molar-refractivity contribution is 6.17. The second-order valence-corrected chi connectivity index (χ2v) is 12.6. The lowest BCUT2D eigenvalue weighted by Gasteiger charge is -2.18. The summed E-state index contributed by atoms with van der Waals surface area (Å²) in [5.41, 5.74) is 17.3. The van der Waals surface area contributed by atoms with E-state index >= 15 is 0 Å². The van der Waals surface area contributed by atoms with Gasteiger partial charge in [-0.25, -0.2) is 0 Å². The number of benzene rings is 7. The number of nitrogens with one attached hydrogen (secondary N) is 1. The monoisotopic (exact) mass is 646 g/mol. The molecule has 240 valence electrons. The summed E-state index contributed by atoms with van der Waals surface area (Å²) in [7, 11) is 0. The fraction of sp³-hybridized carbons (Fsp3) is 0.0444. The predicted octanol–water partition coefficient (Wildman–Crippen LogP) is 10.5. The molecule has 1 atom stereocenters. The number of nitrogens with two attached hydrogens (primary N) is 1. The van der Waals surface area contributed by atoms with Crippen molar-refractivity contribution in [1.82, 2.24) is 9.88 Å². The van der Waals surface area contributed by atoms with Crippen molar-refractivity contribution in [2.45, 2.75) is 12.7 Å². The molecule has 2 heterocycles. The molecule has 9 rings (SSSR count). The molecule has 0 aliphatic heterocycles. The predicted molar refractivity (Wildman–Crippen MR) is 207 cm³/mol. The Morgan fingerprint density at radius 3 is 2.02 bits per heavy atom. The maximum Gasteiger partial charge on any atom is 0.137 e. The van der Waals surface area contributed by atoms with Gasteiger partial charge in [0.05, 0.1) is 17.6 Å². The zero-order valence-electron chi connectivity index (χ0n) is 27.3. The minimum absolute atomic E-state index is 0.422. The van der Waals surface area contributed by atoms with Gasteiger partial charge in [0.15, 0.2) is 0 Å². The van der Waals surface area contributed by atoms with Crippen molar-refractivity contribution in [2.24, 2.45) is 10.7 Å². The van der Waals surface area contributed by atoms with Crippen molar-refractivity contribution >= 4 is 49.6 Å². The standard InChI is InChI=1S/C45H34N4O/c46-44(33-23-21-32(22-24-33)31-11-3-1-4-12-31)48-45(34-13-5-2-6-14-34)47-29-30-19-25-35(26-20-30)49-40-17-9-7-15-36(40)38-27-39-37-16-8-10-18-42(37)50-43(39)28-41(38)49/h1-28,44H,29,46H2,(H,47,48). The largest absolute Gasteiger partial charge is 0.456 e. The zero-order chi connectivity index (χ0) is 33.4. The average Bonchev–Trinajstić information content (AvgIpc) is 3.71. The Morgan fingerprint density at radius 1 is 0.580 bits per heavy atom. The van der Waals surface area contributed by atoms with Crippen LogP contribution in [0.25, 0.3) is 60.6 Å². The van der Waals surface area contributed by atoms with E-state index in [0.29, 0.717) is 6.54 Å². The molecule has 7 aromatic carbocycles. The van der Waals surface area contributed by atoms with Crippen LogP contribution in [0.3, 0.4) is 0 Å². The summed E-state index contributed by atoms with van der Waals surface area (Å²) in [6.45, 7) is 0.504. The molecule has 0 fully saturated rings. The van der Waals surface area contributed by atoms with Crippen LogP contribution in [0.2, 0.25) is 0 Å². The first-order chi connectivity index (χ1) is 24.7. The summed E-state index contributed by atoms with van der Waals surface area (Å²) < 4.78 is 8.62. The van der Waals surface area contributed by atoms with Gasteiger partial charge in [-0.2, -0.15) is 0 Å².